The Bertz CT molecular complexity index is 615. The SMILES string of the molecule is CC(=O)O.NCCNS(=O)(=O)c1ccc(F)cc1[N+](=O)[O-]. The quantitative estimate of drug-likeness (QED) is 0.511. The Morgan fingerprint density at radius 1 is 1.52 bits per heavy atom. The van der Waals surface area contributed by atoms with Crippen LogP contribution in [-0.2, 0) is 14.8 Å². The van der Waals surface area contributed by atoms with Gasteiger partial charge in [-0.05, 0) is 12.1 Å². The second-order valence-corrected chi connectivity index (χ2v) is 5.31. The number of hydrogen-bond donors (Lipinski definition) is 3. The summed E-state index contributed by atoms with van der Waals surface area (Å²) in [7, 11) is -4.05. The molecule has 1 aromatic rings. The molecule has 0 saturated heterocycles. The van der Waals surface area contributed by atoms with Crippen molar-refractivity contribution in [1.82, 2.24) is 4.72 Å². The molecular formula is C10H14FN3O6S. The molecule has 1 rings (SSSR count). The minimum atomic E-state index is -4.05. The lowest BCUT2D eigenvalue weighted by Crippen LogP contribution is -2.29. The summed E-state index contributed by atoms with van der Waals surface area (Å²) in [5, 5.41) is 18.0. The molecule has 0 unspecified atom stereocenters. The second-order valence-electron chi connectivity index (χ2n) is 3.57. The van der Waals surface area contributed by atoms with E-state index in [0.29, 0.717) is 6.07 Å². The third-order valence-corrected chi connectivity index (χ3v) is 3.35. The number of rotatable bonds is 5. The fraction of sp³-hybridized carbons (Fsp3) is 0.300. The van der Waals surface area contributed by atoms with Crippen LogP contribution in [0, 0.1) is 15.9 Å². The average molecular weight is 323 g/mol. The van der Waals surface area contributed by atoms with Gasteiger partial charge < -0.3 is 10.8 Å². The number of nitro groups is 1. The highest BCUT2D eigenvalue weighted by Gasteiger charge is 2.25. The van der Waals surface area contributed by atoms with Gasteiger partial charge in [0, 0.05) is 20.0 Å². The standard InChI is InChI=1S/C8H10FN3O4S.C2H4O2/c9-6-1-2-8(7(5-6)12(13)14)17(15,16)11-4-3-10;1-2(3)4/h1-2,5,11H,3-4,10H2;1H3,(H,3,4). The number of nitrogens with two attached hydrogens (primary N) is 1. The lowest BCUT2D eigenvalue weighted by atomic mass is 10.3. The number of carboxylic acids is 1. The van der Waals surface area contributed by atoms with E-state index in [1.807, 2.05) is 0 Å². The molecule has 118 valence electrons. The van der Waals surface area contributed by atoms with Crippen molar-refractivity contribution in [3.63, 3.8) is 0 Å². The molecule has 0 aliphatic carbocycles. The first-order valence-corrected chi connectivity index (χ1v) is 6.93. The van der Waals surface area contributed by atoms with Gasteiger partial charge >= 0.3 is 0 Å². The van der Waals surface area contributed by atoms with Crippen LogP contribution in [0.5, 0.6) is 0 Å². The van der Waals surface area contributed by atoms with E-state index in [2.05, 4.69) is 4.72 Å². The largest absolute Gasteiger partial charge is 0.481 e. The van der Waals surface area contributed by atoms with Crippen LogP contribution in [0.4, 0.5) is 10.1 Å². The van der Waals surface area contributed by atoms with Crippen molar-refractivity contribution in [3.05, 3.63) is 34.1 Å². The van der Waals surface area contributed by atoms with Gasteiger partial charge in [-0.3, -0.25) is 14.9 Å². The predicted octanol–water partition coefficient (Wildman–Crippen LogP) is 0.0618. The smallest absolute Gasteiger partial charge is 0.300 e. The van der Waals surface area contributed by atoms with Gasteiger partial charge in [-0.1, -0.05) is 0 Å². The van der Waals surface area contributed by atoms with Crippen molar-refractivity contribution >= 4 is 21.7 Å². The summed E-state index contributed by atoms with van der Waals surface area (Å²) in [6.07, 6.45) is 0. The van der Waals surface area contributed by atoms with Crippen molar-refractivity contribution in [3.8, 4) is 0 Å². The number of hydrogen-bond acceptors (Lipinski definition) is 6. The van der Waals surface area contributed by atoms with Gasteiger partial charge in [0.05, 0.1) is 11.0 Å². The molecule has 0 spiro atoms. The minimum absolute atomic E-state index is 0.0498. The van der Waals surface area contributed by atoms with E-state index in [9.17, 15) is 22.9 Å². The molecule has 9 nitrogen and oxygen atoms in total. The maximum atomic E-state index is 12.8. The number of aliphatic carboxylic acids is 1. The molecule has 21 heavy (non-hydrogen) atoms. The van der Waals surface area contributed by atoms with Gasteiger partial charge in [-0.15, -0.1) is 0 Å². The maximum Gasteiger partial charge on any atom is 0.300 e. The van der Waals surface area contributed by atoms with Gasteiger partial charge in [0.1, 0.15) is 5.82 Å². The molecule has 0 bridgehead atoms. The van der Waals surface area contributed by atoms with Gasteiger partial charge in [0.15, 0.2) is 4.90 Å². The molecule has 0 amide bonds. The number of benzene rings is 1. The third-order valence-electron chi connectivity index (χ3n) is 1.84. The summed E-state index contributed by atoms with van der Waals surface area (Å²) < 4.78 is 38.1. The van der Waals surface area contributed by atoms with Gasteiger partial charge in [0.25, 0.3) is 11.7 Å². The summed E-state index contributed by atoms with van der Waals surface area (Å²) in [5.41, 5.74) is 4.30. The Morgan fingerprint density at radius 2 is 2.05 bits per heavy atom. The number of nitro benzene ring substituents is 1. The lowest BCUT2D eigenvalue weighted by molar-refractivity contribution is -0.388. The molecule has 0 atom stereocenters. The molecule has 11 heteroatoms. The Kier molecular flexibility index (Phi) is 7.41. The highest BCUT2D eigenvalue weighted by Crippen LogP contribution is 2.24. The molecule has 4 N–H and O–H groups in total. The highest BCUT2D eigenvalue weighted by molar-refractivity contribution is 7.89. The normalized spacial score (nSPS) is 10.4. The fourth-order valence-electron chi connectivity index (χ4n) is 1.13. The van der Waals surface area contributed by atoms with Crippen LogP contribution >= 0.6 is 0 Å². The summed E-state index contributed by atoms with van der Waals surface area (Å²) in [4.78, 5) is 18.1. The first kappa shape index (κ1) is 18.9. The van der Waals surface area contributed by atoms with E-state index < -0.39 is 37.3 Å². The Labute approximate surface area is 119 Å². The molecule has 0 aliphatic rings. The lowest BCUT2D eigenvalue weighted by Gasteiger charge is -2.05. The van der Waals surface area contributed by atoms with Crippen LogP contribution in [0.25, 0.3) is 0 Å². The van der Waals surface area contributed by atoms with Crippen molar-refractivity contribution in [2.75, 3.05) is 13.1 Å². The number of sulfonamides is 1. The van der Waals surface area contributed by atoms with E-state index in [0.717, 1.165) is 19.1 Å². The fourth-order valence-corrected chi connectivity index (χ4v) is 2.33. The van der Waals surface area contributed by atoms with Gasteiger partial charge in [0.2, 0.25) is 10.0 Å². The van der Waals surface area contributed by atoms with Crippen molar-refractivity contribution in [1.29, 1.82) is 0 Å². The second kappa shape index (κ2) is 8.24. The van der Waals surface area contributed by atoms with Crippen LogP contribution in [0.1, 0.15) is 6.92 Å². The topological polar surface area (TPSA) is 153 Å². The average Bonchev–Trinajstić information content (AvgIpc) is 2.35. The van der Waals surface area contributed by atoms with Crippen LogP contribution in [0.15, 0.2) is 23.1 Å². The summed E-state index contributed by atoms with van der Waals surface area (Å²) in [5.74, 6) is -1.71. The Hall–Kier alpha value is -2.11. The zero-order valence-electron chi connectivity index (χ0n) is 10.9. The number of nitrogens with zero attached hydrogens (tertiary/aromatic N) is 1. The Balaban J connectivity index is 0.000000885. The van der Waals surface area contributed by atoms with E-state index in [-0.39, 0.29) is 13.1 Å². The first-order valence-electron chi connectivity index (χ1n) is 5.45. The number of halogens is 1. The van der Waals surface area contributed by atoms with Crippen molar-refractivity contribution < 1.29 is 27.6 Å². The molecule has 0 aromatic heterocycles. The highest BCUT2D eigenvalue weighted by atomic mass is 32.2. The third kappa shape index (κ3) is 6.74. The van der Waals surface area contributed by atoms with Crippen molar-refractivity contribution in [2.45, 2.75) is 11.8 Å². The minimum Gasteiger partial charge on any atom is -0.481 e. The van der Waals surface area contributed by atoms with E-state index in [1.54, 1.807) is 0 Å². The Morgan fingerprint density at radius 3 is 2.48 bits per heavy atom. The van der Waals surface area contributed by atoms with Crippen molar-refractivity contribution in [2.24, 2.45) is 5.73 Å². The van der Waals surface area contributed by atoms with Crippen LogP contribution in [-0.4, -0.2) is 37.5 Å². The molecule has 0 aliphatic heterocycles. The zero-order valence-corrected chi connectivity index (χ0v) is 11.8. The predicted molar refractivity (Wildman–Crippen MR) is 70.6 cm³/mol. The maximum absolute atomic E-state index is 12.8. The molecule has 0 saturated carbocycles. The molecule has 1 aromatic carbocycles. The van der Waals surface area contributed by atoms with Crippen LogP contribution in [0.2, 0.25) is 0 Å². The van der Waals surface area contributed by atoms with E-state index >= 15 is 0 Å². The summed E-state index contributed by atoms with van der Waals surface area (Å²) in [6.45, 7) is 1.07. The molecule has 0 heterocycles. The first-order chi connectivity index (χ1) is 9.61. The molecule has 0 radical (unpaired) electrons. The van der Waals surface area contributed by atoms with Gasteiger partial charge in [-0.2, -0.15) is 0 Å². The zero-order chi connectivity index (χ0) is 16.6. The van der Waals surface area contributed by atoms with Crippen LogP contribution < -0.4 is 10.5 Å². The monoisotopic (exact) mass is 323 g/mol. The van der Waals surface area contributed by atoms with E-state index in [4.69, 9.17) is 15.6 Å². The number of nitrogens with one attached hydrogen (secondary N) is 1. The van der Waals surface area contributed by atoms with E-state index in [1.165, 1.54) is 0 Å². The summed E-state index contributed by atoms with van der Waals surface area (Å²) in [6, 6.07) is 2.23. The number of carboxylic acid groups (broad SMARTS) is 1. The van der Waals surface area contributed by atoms with Gasteiger partial charge in [-0.25, -0.2) is 17.5 Å². The van der Waals surface area contributed by atoms with Crippen LogP contribution in [0.3, 0.4) is 0 Å². The molecule has 0 fully saturated rings. The molecular weight excluding hydrogens is 309 g/mol. The number of carbonyl (C=O) groups is 1. The summed E-state index contributed by atoms with van der Waals surface area (Å²) >= 11 is 0.